The molecule has 0 heterocycles. The van der Waals surface area contributed by atoms with Gasteiger partial charge < -0.3 is 4.90 Å². The average molecular weight is 179 g/mol. The van der Waals surface area contributed by atoms with Crippen LogP contribution in [0.25, 0.3) is 0 Å². The molecule has 74 valence electrons. The van der Waals surface area contributed by atoms with Crippen LogP contribution in [0.4, 0.5) is 0 Å². The van der Waals surface area contributed by atoms with Gasteiger partial charge >= 0.3 is 0 Å². The van der Waals surface area contributed by atoms with E-state index >= 15 is 0 Å². The second-order valence-corrected chi connectivity index (χ2v) is 4.17. The van der Waals surface area contributed by atoms with Crippen LogP contribution in [0.3, 0.4) is 0 Å². The minimum atomic E-state index is 1.18. The first-order valence-electron chi connectivity index (χ1n) is 5.17. The minimum Gasteiger partial charge on any atom is -0.309 e. The number of nitrogens with zero attached hydrogens (tertiary/aromatic N) is 1. The Kier molecular flexibility index (Phi) is 4.23. The Bertz CT molecular complexity index is 211. The maximum atomic E-state index is 2.30. The molecule has 0 N–H and O–H groups in total. The van der Waals surface area contributed by atoms with E-state index in [0.717, 1.165) is 0 Å². The van der Waals surface area contributed by atoms with Crippen LogP contribution in [0.1, 0.15) is 32.6 Å². The Balaban J connectivity index is 2.27. The first-order valence-corrected chi connectivity index (χ1v) is 5.17. The van der Waals surface area contributed by atoms with Crippen LogP contribution >= 0.6 is 0 Å². The molecule has 1 aliphatic carbocycles. The maximum Gasteiger partial charge on any atom is -0.00218 e. The highest BCUT2D eigenvalue weighted by Crippen LogP contribution is 2.22. The second-order valence-electron chi connectivity index (χ2n) is 4.17. The number of rotatable bonds is 4. The van der Waals surface area contributed by atoms with E-state index < -0.39 is 0 Å². The average Bonchev–Trinajstić information content (AvgIpc) is 2.08. The largest absolute Gasteiger partial charge is 0.309 e. The number of allylic oxidation sites excluding steroid dienone is 4. The van der Waals surface area contributed by atoms with Gasteiger partial charge in [-0.05, 0) is 53.2 Å². The maximum absolute atomic E-state index is 2.30. The van der Waals surface area contributed by atoms with Crippen molar-refractivity contribution in [2.24, 2.45) is 0 Å². The Hall–Kier alpha value is -0.560. The van der Waals surface area contributed by atoms with E-state index in [4.69, 9.17) is 0 Å². The molecule has 1 heteroatoms. The van der Waals surface area contributed by atoms with Crippen LogP contribution < -0.4 is 0 Å². The van der Waals surface area contributed by atoms with E-state index in [1.165, 1.54) is 32.2 Å². The molecule has 0 fully saturated rings. The molecule has 0 saturated heterocycles. The number of hydrogen-bond donors (Lipinski definition) is 0. The summed E-state index contributed by atoms with van der Waals surface area (Å²) in [5.74, 6) is 0. The van der Waals surface area contributed by atoms with Gasteiger partial charge in [0.15, 0.2) is 0 Å². The van der Waals surface area contributed by atoms with Crippen LogP contribution in [-0.4, -0.2) is 25.5 Å². The van der Waals surface area contributed by atoms with Crippen molar-refractivity contribution in [3.05, 3.63) is 23.3 Å². The van der Waals surface area contributed by atoms with E-state index in [2.05, 4.69) is 38.1 Å². The van der Waals surface area contributed by atoms with Gasteiger partial charge in [0.25, 0.3) is 0 Å². The van der Waals surface area contributed by atoms with Gasteiger partial charge in [0.1, 0.15) is 0 Å². The zero-order valence-electron chi connectivity index (χ0n) is 9.14. The van der Waals surface area contributed by atoms with Crippen molar-refractivity contribution in [1.82, 2.24) is 4.90 Å². The van der Waals surface area contributed by atoms with Gasteiger partial charge in [-0.1, -0.05) is 23.3 Å². The van der Waals surface area contributed by atoms with Crippen molar-refractivity contribution < 1.29 is 0 Å². The Labute approximate surface area is 82.1 Å². The highest BCUT2D eigenvalue weighted by atomic mass is 15.0. The summed E-state index contributed by atoms with van der Waals surface area (Å²) in [7, 11) is 4.28. The van der Waals surface area contributed by atoms with Crippen molar-refractivity contribution in [2.75, 3.05) is 20.6 Å². The minimum absolute atomic E-state index is 1.18. The van der Waals surface area contributed by atoms with Crippen molar-refractivity contribution in [3.8, 4) is 0 Å². The molecule has 13 heavy (non-hydrogen) atoms. The van der Waals surface area contributed by atoms with Gasteiger partial charge in [0.2, 0.25) is 0 Å². The molecule has 0 spiro atoms. The fourth-order valence-corrected chi connectivity index (χ4v) is 1.73. The molecule has 0 saturated carbocycles. The van der Waals surface area contributed by atoms with Crippen LogP contribution in [-0.2, 0) is 0 Å². The van der Waals surface area contributed by atoms with E-state index in [9.17, 15) is 0 Å². The van der Waals surface area contributed by atoms with E-state index in [1.54, 1.807) is 11.1 Å². The molecule has 1 rings (SSSR count). The molecule has 0 atom stereocenters. The first-order chi connectivity index (χ1) is 6.20. The predicted molar refractivity (Wildman–Crippen MR) is 58.9 cm³/mol. The molecular formula is C12H21N. The van der Waals surface area contributed by atoms with Crippen LogP contribution in [0.5, 0.6) is 0 Å². The fourth-order valence-electron chi connectivity index (χ4n) is 1.73. The third-order valence-electron chi connectivity index (χ3n) is 2.64. The standard InChI is InChI=1S/C12H21N/c1-11-7-4-5-8-12(11)9-6-10-13(2)3/h4-5H,6-10H2,1-3H3. The summed E-state index contributed by atoms with van der Waals surface area (Å²) >= 11 is 0. The van der Waals surface area contributed by atoms with Crippen LogP contribution in [0.2, 0.25) is 0 Å². The zero-order chi connectivity index (χ0) is 9.68. The molecule has 0 radical (unpaired) electrons. The van der Waals surface area contributed by atoms with Crippen molar-refractivity contribution in [3.63, 3.8) is 0 Å². The third-order valence-corrected chi connectivity index (χ3v) is 2.64. The topological polar surface area (TPSA) is 3.24 Å². The lowest BCUT2D eigenvalue weighted by Gasteiger charge is -2.15. The van der Waals surface area contributed by atoms with Crippen molar-refractivity contribution >= 4 is 0 Å². The lowest BCUT2D eigenvalue weighted by atomic mass is 9.95. The molecular weight excluding hydrogens is 158 g/mol. The molecule has 0 bridgehead atoms. The van der Waals surface area contributed by atoms with Crippen molar-refractivity contribution in [1.29, 1.82) is 0 Å². The Morgan fingerprint density at radius 3 is 2.54 bits per heavy atom. The van der Waals surface area contributed by atoms with Gasteiger partial charge in [-0.3, -0.25) is 0 Å². The highest BCUT2D eigenvalue weighted by molar-refractivity contribution is 5.22. The fraction of sp³-hybridized carbons (Fsp3) is 0.667. The first kappa shape index (κ1) is 10.5. The molecule has 0 aromatic carbocycles. The summed E-state index contributed by atoms with van der Waals surface area (Å²) in [5.41, 5.74) is 3.27. The second kappa shape index (κ2) is 5.23. The third kappa shape index (κ3) is 3.77. The summed E-state index contributed by atoms with van der Waals surface area (Å²) in [6.45, 7) is 3.48. The normalized spacial score (nSPS) is 17.2. The quantitative estimate of drug-likeness (QED) is 0.600. The van der Waals surface area contributed by atoms with Crippen LogP contribution in [0, 0.1) is 0 Å². The summed E-state index contributed by atoms with van der Waals surface area (Å²) in [5, 5.41) is 0. The van der Waals surface area contributed by atoms with Gasteiger partial charge in [0.05, 0.1) is 0 Å². The number of hydrogen-bond acceptors (Lipinski definition) is 1. The summed E-state index contributed by atoms with van der Waals surface area (Å²) < 4.78 is 0. The summed E-state index contributed by atoms with van der Waals surface area (Å²) in [6.07, 6.45) is 9.54. The lowest BCUT2D eigenvalue weighted by molar-refractivity contribution is 0.399. The molecule has 0 amide bonds. The Morgan fingerprint density at radius 2 is 1.92 bits per heavy atom. The highest BCUT2D eigenvalue weighted by Gasteiger charge is 2.04. The Morgan fingerprint density at radius 1 is 1.23 bits per heavy atom. The lowest BCUT2D eigenvalue weighted by Crippen LogP contribution is -2.13. The predicted octanol–water partition coefficient (Wildman–Crippen LogP) is 2.99. The zero-order valence-corrected chi connectivity index (χ0v) is 9.14. The smallest absolute Gasteiger partial charge is 0.00218 e. The van der Waals surface area contributed by atoms with Gasteiger partial charge in [0, 0.05) is 0 Å². The molecule has 0 aliphatic heterocycles. The summed E-state index contributed by atoms with van der Waals surface area (Å²) in [6, 6.07) is 0. The van der Waals surface area contributed by atoms with Gasteiger partial charge in [-0.25, -0.2) is 0 Å². The molecule has 1 nitrogen and oxygen atoms in total. The van der Waals surface area contributed by atoms with Crippen molar-refractivity contribution in [2.45, 2.75) is 32.6 Å². The van der Waals surface area contributed by atoms with E-state index in [0.29, 0.717) is 0 Å². The van der Waals surface area contributed by atoms with E-state index in [-0.39, 0.29) is 0 Å². The van der Waals surface area contributed by atoms with E-state index in [1.807, 2.05) is 0 Å². The molecule has 1 aliphatic rings. The van der Waals surface area contributed by atoms with Crippen LogP contribution in [0.15, 0.2) is 23.3 Å². The monoisotopic (exact) mass is 179 g/mol. The SMILES string of the molecule is CC1=C(CCCN(C)C)CC=CC1. The molecule has 0 aromatic rings. The molecule has 0 unspecified atom stereocenters. The molecule has 0 aromatic heterocycles. The van der Waals surface area contributed by atoms with Gasteiger partial charge in [-0.2, -0.15) is 0 Å². The summed E-state index contributed by atoms with van der Waals surface area (Å²) in [4.78, 5) is 2.26. The van der Waals surface area contributed by atoms with Gasteiger partial charge in [-0.15, -0.1) is 0 Å².